The Morgan fingerprint density at radius 2 is 2.00 bits per heavy atom. The van der Waals surface area contributed by atoms with Crippen LogP contribution in [0.3, 0.4) is 0 Å². The van der Waals surface area contributed by atoms with E-state index in [4.69, 9.17) is 14.2 Å². The van der Waals surface area contributed by atoms with E-state index in [0.29, 0.717) is 13.2 Å². The van der Waals surface area contributed by atoms with Gasteiger partial charge in [0.25, 0.3) is 6.48 Å². The SMILES string of the molecule is CCCCCOC1OCCO1. The van der Waals surface area contributed by atoms with E-state index in [1.54, 1.807) is 0 Å². The highest BCUT2D eigenvalue weighted by atomic mass is 16.9. The Balaban J connectivity index is 1.86. The molecule has 0 aromatic carbocycles. The lowest BCUT2D eigenvalue weighted by Crippen LogP contribution is -2.13. The fourth-order valence-electron chi connectivity index (χ4n) is 0.965. The molecule has 0 N–H and O–H groups in total. The second-order valence-corrected chi connectivity index (χ2v) is 2.61. The summed E-state index contributed by atoms with van der Waals surface area (Å²) in [5.41, 5.74) is 0. The molecular formula is C8H16O3. The summed E-state index contributed by atoms with van der Waals surface area (Å²) in [6, 6.07) is 0. The Morgan fingerprint density at radius 1 is 1.27 bits per heavy atom. The number of hydrogen-bond donors (Lipinski definition) is 0. The molecule has 11 heavy (non-hydrogen) atoms. The lowest BCUT2D eigenvalue weighted by molar-refractivity contribution is -0.229. The van der Waals surface area contributed by atoms with E-state index in [9.17, 15) is 0 Å². The molecule has 1 saturated heterocycles. The minimum Gasteiger partial charge on any atom is -0.330 e. The van der Waals surface area contributed by atoms with Crippen molar-refractivity contribution < 1.29 is 14.2 Å². The average Bonchev–Trinajstić information content (AvgIpc) is 2.50. The summed E-state index contributed by atoms with van der Waals surface area (Å²) < 4.78 is 15.4. The lowest BCUT2D eigenvalue weighted by atomic mass is 10.3. The molecule has 0 aromatic rings. The minimum absolute atomic E-state index is 0.383. The van der Waals surface area contributed by atoms with Crippen molar-refractivity contribution in [3.63, 3.8) is 0 Å². The minimum atomic E-state index is -0.383. The smallest absolute Gasteiger partial charge is 0.271 e. The second kappa shape index (κ2) is 5.52. The summed E-state index contributed by atoms with van der Waals surface area (Å²) in [5.74, 6) is 0. The molecule has 0 amide bonds. The van der Waals surface area contributed by atoms with E-state index in [2.05, 4.69) is 6.92 Å². The maximum Gasteiger partial charge on any atom is 0.271 e. The summed E-state index contributed by atoms with van der Waals surface area (Å²) in [6.07, 6.45) is 3.53. The van der Waals surface area contributed by atoms with Crippen molar-refractivity contribution in [3.8, 4) is 0 Å². The molecule has 1 heterocycles. The molecule has 0 saturated carbocycles. The molecule has 0 aliphatic carbocycles. The topological polar surface area (TPSA) is 27.7 Å². The van der Waals surface area contributed by atoms with E-state index in [1.165, 1.54) is 12.8 Å². The van der Waals surface area contributed by atoms with Gasteiger partial charge in [-0.1, -0.05) is 19.8 Å². The Bertz CT molecular complexity index is 89.3. The standard InChI is InChI=1S/C8H16O3/c1-2-3-4-5-9-8-10-6-7-11-8/h8H,2-7H2,1H3. The molecule has 0 bridgehead atoms. The Morgan fingerprint density at radius 3 is 2.64 bits per heavy atom. The number of unbranched alkanes of at least 4 members (excludes halogenated alkanes) is 2. The van der Waals surface area contributed by atoms with E-state index >= 15 is 0 Å². The van der Waals surface area contributed by atoms with E-state index in [0.717, 1.165) is 13.0 Å². The monoisotopic (exact) mass is 160 g/mol. The molecule has 1 fully saturated rings. The third-order valence-corrected chi connectivity index (χ3v) is 1.59. The molecule has 1 aliphatic heterocycles. The molecule has 1 aliphatic rings. The zero-order valence-corrected chi connectivity index (χ0v) is 7.04. The predicted molar refractivity (Wildman–Crippen MR) is 41.2 cm³/mol. The molecule has 1 rings (SSSR count). The molecule has 66 valence electrons. The maximum atomic E-state index is 5.26. The van der Waals surface area contributed by atoms with Gasteiger partial charge in [0.2, 0.25) is 0 Å². The van der Waals surface area contributed by atoms with Crippen LogP contribution < -0.4 is 0 Å². The van der Waals surface area contributed by atoms with Gasteiger partial charge in [-0.15, -0.1) is 0 Å². The van der Waals surface area contributed by atoms with Crippen LogP contribution in [-0.4, -0.2) is 26.3 Å². The van der Waals surface area contributed by atoms with Gasteiger partial charge >= 0.3 is 0 Å². The summed E-state index contributed by atoms with van der Waals surface area (Å²) in [4.78, 5) is 0. The fraction of sp³-hybridized carbons (Fsp3) is 1.00. The predicted octanol–water partition coefficient (Wildman–Crippen LogP) is 1.52. The number of hydrogen-bond acceptors (Lipinski definition) is 3. The van der Waals surface area contributed by atoms with Crippen molar-refractivity contribution in [1.82, 2.24) is 0 Å². The first-order valence-electron chi connectivity index (χ1n) is 4.28. The second-order valence-electron chi connectivity index (χ2n) is 2.61. The molecule has 0 atom stereocenters. The van der Waals surface area contributed by atoms with Crippen LogP contribution in [0.5, 0.6) is 0 Å². The zero-order valence-electron chi connectivity index (χ0n) is 7.04. The third-order valence-electron chi connectivity index (χ3n) is 1.59. The summed E-state index contributed by atoms with van der Waals surface area (Å²) in [7, 11) is 0. The summed E-state index contributed by atoms with van der Waals surface area (Å²) in [5, 5.41) is 0. The van der Waals surface area contributed by atoms with Crippen LogP contribution in [0, 0.1) is 0 Å². The van der Waals surface area contributed by atoms with Crippen molar-refractivity contribution >= 4 is 0 Å². The van der Waals surface area contributed by atoms with Gasteiger partial charge in [0.15, 0.2) is 0 Å². The Labute approximate surface area is 67.6 Å². The highest BCUT2D eigenvalue weighted by Gasteiger charge is 2.15. The number of ether oxygens (including phenoxy) is 3. The number of rotatable bonds is 5. The van der Waals surface area contributed by atoms with Crippen molar-refractivity contribution in [1.29, 1.82) is 0 Å². The largest absolute Gasteiger partial charge is 0.330 e. The van der Waals surface area contributed by atoms with Gasteiger partial charge in [0.1, 0.15) is 0 Å². The highest BCUT2D eigenvalue weighted by Crippen LogP contribution is 2.06. The zero-order chi connectivity index (χ0) is 7.94. The summed E-state index contributed by atoms with van der Waals surface area (Å²) >= 11 is 0. The Hall–Kier alpha value is -0.120. The molecular weight excluding hydrogens is 144 g/mol. The van der Waals surface area contributed by atoms with Crippen molar-refractivity contribution in [3.05, 3.63) is 0 Å². The van der Waals surface area contributed by atoms with Gasteiger partial charge in [-0.3, -0.25) is 0 Å². The van der Waals surface area contributed by atoms with Gasteiger partial charge in [-0.05, 0) is 6.42 Å². The van der Waals surface area contributed by atoms with Crippen LogP contribution in [0.4, 0.5) is 0 Å². The molecule has 0 unspecified atom stereocenters. The van der Waals surface area contributed by atoms with Crippen molar-refractivity contribution in [2.75, 3.05) is 19.8 Å². The van der Waals surface area contributed by atoms with Crippen LogP contribution >= 0.6 is 0 Å². The first-order chi connectivity index (χ1) is 5.43. The molecule has 3 heteroatoms. The fourth-order valence-corrected chi connectivity index (χ4v) is 0.965. The van der Waals surface area contributed by atoms with Crippen LogP contribution in [0.25, 0.3) is 0 Å². The van der Waals surface area contributed by atoms with Gasteiger partial charge in [-0.2, -0.15) is 0 Å². The highest BCUT2D eigenvalue weighted by molar-refractivity contribution is 4.41. The van der Waals surface area contributed by atoms with E-state index in [-0.39, 0.29) is 6.48 Å². The van der Waals surface area contributed by atoms with E-state index in [1.807, 2.05) is 0 Å². The average molecular weight is 160 g/mol. The lowest BCUT2D eigenvalue weighted by Gasteiger charge is -2.08. The van der Waals surface area contributed by atoms with Gasteiger partial charge < -0.3 is 14.2 Å². The van der Waals surface area contributed by atoms with Crippen LogP contribution in [0.1, 0.15) is 26.2 Å². The molecule has 0 spiro atoms. The first kappa shape index (κ1) is 8.97. The third kappa shape index (κ3) is 3.70. The summed E-state index contributed by atoms with van der Waals surface area (Å²) in [6.45, 7) is 3.87. The van der Waals surface area contributed by atoms with Gasteiger partial charge in [-0.25, -0.2) is 0 Å². The normalized spacial score (nSPS) is 19.4. The quantitative estimate of drug-likeness (QED) is 0.571. The first-order valence-corrected chi connectivity index (χ1v) is 4.28. The molecule has 3 nitrogen and oxygen atoms in total. The van der Waals surface area contributed by atoms with Crippen LogP contribution in [0.15, 0.2) is 0 Å². The van der Waals surface area contributed by atoms with Gasteiger partial charge in [0.05, 0.1) is 19.8 Å². The van der Waals surface area contributed by atoms with Crippen molar-refractivity contribution in [2.24, 2.45) is 0 Å². The van der Waals surface area contributed by atoms with E-state index < -0.39 is 0 Å². The van der Waals surface area contributed by atoms with Crippen LogP contribution in [0.2, 0.25) is 0 Å². The van der Waals surface area contributed by atoms with Crippen LogP contribution in [-0.2, 0) is 14.2 Å². The molecule has 0 radical (unpaired) electrons. The van der Waals surface area contributed by atoms with Crippen molar-refractivity contribution in [2.45, 2.75) is 32.7 Å². The van der Waals surface area contributed by atoms with Gasteiger partial charge in [0, 0.05) is 0 Å². The maximum absolute atomic E-state index is 5.26. The molecule has 0 aromatic heterocycles. The Kier molecular flexibility index (Phi) is 4.50.